The molecule has 0 spiro atoms. The Hall–Kier alpha value is -3.36. The van der Waals surface area contributed by atoms with Crippen molar-refractivity contribution in [2.45, 2.75) is 6.92 Å². The molecular formula is C25H29N3O5. The maximum Gasteiger partial charge on any atom is 0.282 e. The molecule has 1 N–H and O–H groups in total. The first-order chi connectivity index (χ1) is 16.0. The van der Waals surface area contributed by atoms with Crippen LogP contribution in [0.3, 0.4) is 0 Å². The van der Waals surface area contributed by atoms with Gasteiger partial charge in [-0.15, -0.1) is 0 Å². The predicted molar refractivity (Wildman–Crippen MR) is 125 cm³/mol. The lowest BCUT2D eigenvalue weighted by atomic mass is 10.0. The number of amides is 2. The summed E-state index contributed by atoms with van der Waals surface area (Å²) in [5.41, 5.74) is 3.05. The summed E-state index contributed by atoms with van der Waals surface area (Å²) in [6, 6.07) is 12.7. The smallest absolute Gasteiger partial charge is 0.282 e. The van der Waals surface area contributed by atoms with Crippen molar-refractivity contribution in [2.75, 3.05) is 58.5 Å². The number of aliphatic hydroxyl groups excluding tert-OH is 1. The Morgan fingerprint density at radius 2 is 1.55 bits per heavy atom. The van der Waals surface area contributed by atoms with Crippen LogP contribution in [0.15, 0.2) is 48.2 Å². The molecule has 1 fully saturated rings. The first kappa shape index (κ1) is 22.8. The van der Waals surface area contributed by atoms with Crippen molar-refractivity contribution >= 4 is 23.1 Å². The Morgan fingerprint density at radius 3 is 2.15 bits per heavy atom. The third-order valence-electron chi connectivity index (χ3n) is 6.13. The van der Waals surface area contributed by atoms with Crippen molar-refractivity contribution in [1.29, 1.82) is 0 Å². The van der Waals surface area contributed by atoms with Gasteiger partial charge < -0.3 is 19.5 Å². The van der Waals surface area contributed by atoms with E-state index in [1.54, 1.807) is 18.2 Å². The minimum absolute atomic E-state index is 0.0990. The van der Waals surface area contributed by atoms with Crippen LogP contribution >= 0.6 is 0 Å². The van der Waals surface area contributed by atoms with Gasteiger partial charge in [0, 0.05) is 38.8 Å². The maximum absolute atomic E-state index is 13.7. The standard InChI is InChI=1S/C25H29N3O5/c1-17-4-6-18(7-5-17)22-23(27-12-10-26(11-13-27)14-15-29)25(31)28(24(22)30)19-8-9-20(32-2)21(16-19)33-3/h4-9,16,29H,10-15H2,1-3H3. The molecule has 2 aliphatic heterocycles. The third kappa shape index (κ3) is 4.31. The van der Waals surface area contributed by atoms with Crippen LogP contribution in [0, 0.1) is 6.92 Å². The molecule has 2 aliphatic rings. The van der Waals surface area contributed by atoms with E-state index in [2.05, 4.69) is 4.90 Å². The van der Waals surface area contributed by atoms with E-state index in [-0.39, 0.29) is 18.4 Å². The fraction of sp³-hybridized carbons (Fsp3) is 0.360. The molecule has 4 rings (SSSR count). The van der Waals surface area contributed by atoms with Gasteiger partial charge >= 0.3 is 0 Å². The van der Waals surface area contributed by atoms with E-state index in [9.17, 15) is 14.7 Å². The van der Waals surface area contributed by atoms with E-state index in [0.717, 1.165) is 11.1 Å². The number of anilines is 1. The highest BCUT2D eigenvalue weighted by Gasteiger charge is 2.43. The maximum atomic E-state index is 13.7. The number of aryl methyl sites for hydroxylation is 1. The topological polar surface area (TPSA) is 82.5 Å². The normalized spacial score (nSPS) is 17.2. The van der Waals surface area contributed by atoms with Crippen LogP contribution in [0.1, 0.15) is 11.1 Å². The number of hydrogen-bond donors (Lipinski definition) is 1. The number of nitrogens with zero attached hydrogens (tertiary/aromatic N) is 3. The second-order valence-corrected chi connectivity index (χ2v) is 8.13. The van der Waals surface area contributed by atoms with Gasteiger partial charge in [-0.25, -0.2) is 4.90 Å². The summed E-state index contributed by atoms with van der Waals surface area (Å²) in [6.07, 6.45) is 0. The molecule has 1 saturated heterocycles. The van der Waals surface area contributed by atoms with Crippen LogP contribution < -0.4 is 14.4 Å². The Labute approximate surface area is 193 Å². The highest BCUT2D eigenvalue weighted by atomic mass is 16.5. The molecule has 0 atom stereocenters. The van der Waals surface area contributed by atoms with Gasteiger partial charge in [-0.05, 0) is 24.6 Å². The summed E-state index contributed by atoms with van der Waals surface area (Å²) in [4.78, 5) is 32.7. The number of carbonyl (C=O) groups excluding carboxylic acids is 2. The predicted octanol–water partition coefficient (Wildman–Crippen LogP) is 1.91. The quantitative estimate of drug-likeness (QED) is 0.644. The van der Waals surface area contributed by atoms with Crippen molar-refractivity contribution in [3.05, 3.63) is 59.3 Å². The molecule has 0 saturated carbocycles. The van der Waals surface area contributed by atoms with Gasteiger partial charge in [-0.1, -0.05) is 29.8 Å². The number of β-amino-alcohol motifs (C(OH)–C–C–N with tert-alkyl or cyclic N) is 1. The molecule has 174 valence electrons. The zero-order valence-corrected chi connectivity index (χ0v) is 19.2. The molecule has 2 aromatic carbocycles. The van der Waals surface area contributed by atoms with E-state index in [1.165, 1.54) is 19.1 Å². The zero-order chi connectivity index (χ0) is 23.5. The van der Waals surface area contributed by atoms with Crippen LogP contribution in [0.4, 0.5) is 5.69 Å². The minimum atomic E-state index is -0.358. The number of rotatable bonds is 7. The average Bonchev–Trinajstić information content (AvgIpc) is 3.09. The molecule has 8 heteroatoms. The number of aliphatic hydroxyl groups is 1. The van der Waals surface area contributed by atoms with Crippen molar-refractivity contribution in [1.82, 2.24) is 9.80 Å². The van der Waals surface area contributed by atoms with E-state index in [1.807, 2.05) is 36.1 Å². The molecule has 33 heavy (non-hydrogen) atoms. The summed E-state index contributed by atoms with van der Waals surface area (Å²) < 4.78 is 10.7. The van der Waals surface area contributed by atoms with E-state index >= 15 is 0 Å². The number of hydrogen-bond acceptors (Lipinski definition) is 7. The molecule has 2 heterocycles. The number of carbonyl (C=O) groups is 2. The van der Waals surface area contributed by atoms with E-state index in [4.69, 9.17) is 9.47 Å². The number of benzene rings is 2. The number of imide groups is 1. The highest BCUT2D eigenvalue weighted by Crippen LogP contribution is 2.38. The highest BCUT2D eigenvalue weighted by molar-refractivity contribution is 6.45. The monoisotopic (exact) mass is 451 g/mol. The summed E-state index contributed by atoms with van der Waals surface area (Å²) in [6.45, 7) is 5.31. The molecule has 0 aromatic heterocycles. The molecule has 2 aromatic rings. The number of piperazine rings is 1. The van der Waals surface area contributed by atoms with Gasteiger partial charge in [0.05, 0.1) is 32.1 Å². The molecular weight excluding hydrogens is 422 g/mol. The molecule has 0 aliphatic carbocycles. The van der Waals surface area contributed by atoms with Crippen LogP contribution in [0.2, 0.25) is 0 Å². The lowest BCUT2D eigenvalue weighted by molar-refractivity contribution is -0.120. The third-order valence-corrected chi connectivity index (χ3v) is 6.13. The van der Waals surface area contributed by atoms with Gasteiger partial charge in [0.25, 0.3) is 11.8 Å². The Balaban J connectivity index is 1.74. The molecule has 0 unspecified atom stereocenters. The first-order valence-corrected chi connectivity index (χ1v) is 11.0. The van der Waals surface area contributed by atoms with Gasteiger partial charge in [-0.2, -0.15) is 0 Å². The molecule has 0 bridgehead atoms. The second-order valence-electron chi connectivity index (χ2n) is 8.13. The molecule has 2 amide bonds. The van der Waals surface area contributed by atoms with Gasteiger partial charge in [0.1, 0.15) is 5.70 Å². The van der Waals surface area contributed by atoms with Crippen molar-refractivity contribution in [3.63, 3.8) is 0 Å². The largest absolute Gasteiger partial charge is 0.493 e. The van der Waals surface area contributed by atoms with Gasteiger partial charge in [0.15, 0.2) is 11.5 Å². The minimum Gasteiger partial charge on any atom is -0.493 e. The van der Waals surface area contributed by atoms with E-state index in [0.29, 0.717) is 61.2 Å². The van der Waals surface area contributed by atoms with E-state index < -0.39 is 0 Å². The number of ether oxygens (including phenoxy) is 2. The number of methoxy groups -OCH3 is 2. The zero-order valence-electron chi connectivity index (χ0n) is 19.2. The van der Waals surface area contributed by atoms with Gasteiger partial charge in [-0.3, -0.25) is 14.5 Å². The summed E-state index contributed by atoms with van der Waals surface area (Å²) >= 11 is 0. The fourth-order valence-electron chi connectivity index (χ4n) is 4.33. The summed E-state index contributed by atoms with van der Waals surface area (Å²) in [5.74, 6) is 0.258. The van der Waals surface area contributed by atoms with Crippen molar-refractivity contribution < 1.29 is 24.2 Å². The average molecular weight is 452 g/mol. The molecule has 8 nitrogen and oxygen atoms in total. The lowest BCUT2D eigenvalue weighted by Crippen LogP contribution is -2.48. The van der Waals surface area contributed by atoms with Crippen molar-refractivity contribution in [2.24, 2.45) is 0 Å². The first-order valence-electron chi connectivity index (χ1n) is 11.0. The summed E-state index contributed by atoms with van der Waals surface area (Å²) in [7, 11) is 3.05. The second kappa shape index (κ2) is 9.64. The van der Waals surface area contributed by atoms with Crippen LogP contribution in [0.25, 0.3) is 5.57 Å². The van der Waals surface area contributed by atoms with Crippen LogP contribution in [-0.2, 0) is 9.59 Å². The molecule has 0 radical (unpaired) electrons. The fourth-order valence-corrected chi connectivity index (χ4v) is 4.33. The SMILES string of the molecule is COc1ccc(N2C(=O)C(c3ccc(C)cc3)=C(N3CCN(CCO)CC3)C2=O)cc1OC. The van der Waals surface area contributed by atoms with Crippen molar-refractivity contribution in [3.8, 4) is 11.5 Å². The van der Waals surface area contributed by atoms with Gasteiger partial charge in [0.2, 0.25) is 0 Å². The Morgan fingerprint density at radius 1 is 0.879 bits per heavy atom. The Bertz CT molecular complexity index is 1070. The van der Waals surface area contributed by atoms with Crippen LogP contribution in [-0.4, -0.2) is 80.3 Å². The Kier molecular flexibility index (Phi) is 6.67. The van der Waals surface area contributed by atoms with Crippen LogP contribution in [0.5, 0.6) is 11.5 Å². The summed E-state index contributed by atoms with van der Waals surface area (Å²) in [5, 5.41) is 9.24. The lowest BCUT2D eigenvalue weighted by Gasteiger charge is -2.36.